The summed E-state index contributed by atoms with van der Waals surface area (Å²) < 4.78 is 0. The van der Waals surface area contributed by atoms with Crippen molar-refractivity contribution in [3.05, 3.63) is 0 Å². The van der Waals surface area contributed by atoms with Gasteiger partial charge in [0, 0.05) is 0 Å². The summed E-state index contributed by atoms with van der Waals surface area (Å²) in [5, 5.41) is 18.1. The van der Waals surface area contributed by atoms with Crippen LogP contribution in [0, 0.1) is 17.3 Å². The molecule has 0 aromatic carbocycles. The molecule has 1 unspecified atom stereocenters. The zero-order valence-electron chi connectivity index (χ0n) is 16.7. The van der Waals surface area contributed by atoms with Crippen molar-refractivity contribution in [2.75, 3.05) is 0 Å². The van der Waals surface area contributed by atoms with E-state index in [4.69, 9.17) is 10.2 Å². The fourth-order valence-electron chi connectivity index (χ4n) is 2.67. The van der Waals surface area contributed by atoms with Gasteiger partial charge in [-0.15, -0.1) is 0 Å². The number of unbranched alkanes of at least 4 members (excludes halogenated alkanes) is 5. The van der Waals surface area contributed by atoms with E-state index >= 15 is 0 Å². The van der Waals surface area contributed by atoms with E-state index in [0.29, 0.717) is 0 Å². The Kier molecular flexibility index (Phi) is 14.5. The smallest absolute Gasteiger partial charge is 1.00 e. The van der Waals surface area contributed by atoms with Gasteiger partial charge >= 0.3 is 60.8 Å². The third kappa shape index (κ3) is 11.1. The molecule has 0 heterocycles. The van der Waals surface area contributed by atoms with E-state index in [1.165, 1.54) is 25.7 Å². The molecule has 2 N–H and O–H groups in total. The molecular weight excluding hydrogens is 406 g/mol. The Hall–Kier alpha value is 0.511. The van der Waals surface area contributed by atoms with Crippen molar-refractivity contribution in [2.45, 2.75) is 79.1 Å². The minimum Gasteiger partial charge on any atom is -1.00 e. The molecular formula is C17H34BaO4. The van der Waals surface area contributed by atoms with E-state index in [1.807, 2.05) is 0 Å². The molecule has 0 saturated carbocycles. The molecule has 0 saturated heterocycles. The molecule has 0 aromatic heterocycles. The third-order valence-corrected chi connectivity index (χ3v) is 4.25. The van der Waals surface area contributed by atoms with Gasteiger partial charge in [0.2, 0.25) is 0 Å². The second-order valence-corrected chi connectivity index (χ2v) is 7.08. The molecule has 0 amide bonds. The predicted molar refractivity (Wildman–Crippen MR) is 92.3 cm³/mol. The Balaban J connectivity index is -0.000000667. The molecule has 0 radical (unpaired) electrons. The number of carboxylic acid groups (broad SMARTS) is 2. The average molecular weight is 440 g/mol. The van der Waals surface area contributed by atoms with Gasteiger partial charge in [0.15, 0.2) is 5.92 Å². The summed E-state index contributed by atoms with van der Waals surface area (Å²) in [5.74, 6) is -3.60. The molecule has 4 nitrogen and oxygen atoms in total. The van der Waals surface area contributed by atoms with Crippen LogP contribution in [0.1, 0.15) is 81.9 Å². The van der Waals surface area contributed by atoms with E-state index in [-0.39, 0.29) is 69.5 Å². The van der Waals surface area contributed by atoms with Crippen LogP contribution in [0.4, 0.5) is 0 Å². The van der Waals surface area contributed by atoms with Crippen molar-refractivity contribution in [3.8, 4) is 0 Å². The molecule has 0 aliphatic heterocycles. The average Bonchev–Trinajstić information content (AvgIpc) is 2.34. The fourth-order valence-corrected chi connectivity index (χ4v) is 2.67. The summed E-state index contributed by atoms with van der Waals surface area (Å²) in [6.45, 7) is 8.38. The van der Waals surface area contributed by atoms with Crippen LogP contribution in [0.15, 0.2) is 0 Å². The van der Waals surface area contributed by atoms with Crippen molar-refractivity contribution in [3.63, 3.8) is 0 Å². The summed E-state index contributed by atoms with van der Waals surface area (Å²) in [5.41, 5.74) is -0.0629. The first-order valence-corrected chi connectivity index (χ1v) is 8.15. The number of carbonyl (C=O) groups is 2. The SMILES string of the molecule is CCCCCCCCC(CC(C(=O)O)C(=O)O)C(C)(C)C.[Ba+2].[H-].[H-]. The topological polar surface area (TPSA) is 74.6 Å². The maximum absolute atomic E-state index is 11.1. The number of hydrogen-bond donors (Lipinski definition) is 2. The number of hydrogen-bond acceptors (Lipinski definition) is 2. The number of rotatable bonds is 11. The summed E-state index contributed by atoms with van der Waals surface area (Å²) in [6.07, 6.45) is 8.30. The van der Waals surface area contributed by atoms with Gasteiger partial charge in [-0.05, 0) is 24.2 Å². The Morgan fingerprint density at radius 1 is 0.955 bits per heavy atom. The van der Waals surface area contributed by atoms with E-state index in [0.717, 1.165) is 19.3 Å². The van der Waals surface area contributed by atoms with Gasteiger partial charge in [-0.3, -0.25) is 9.59 Å². The van der Waals surface area contributed by atoms with Gasteiger partial charge in [-0.2, -0.15) is 0 Å². The van der Waals surface area contributed by atoms with Crippen LogP contribution in [0.3, 0.4) is 0 Å². The van der Waals surface area contributed by atoms with Crippen molar-refractivity contribution in [1.82, 2.24) is 0 Å². The second kappa shape index (κ2) is 12.9. The summed E-state index contributed by atoms with van der Waals surface area (Å²) in [7, 11) is 0. The zero-order valence-corrected chi connectivity index (χ0v) is 19.2. The third-order valence-electron chi connectivity index (χ3n) is 4.25. The van der Waals surface area contributed by atoms with Gasteiger partial charge in [0.05, 0.1) is 0 Å². The Labute approximate surface area is 178 Å². The van der Waals surface area contributed by atoms with Crippen LogP contribution < -0.4 is 0 Å². The first-order valence-electron chi connectivity index (χ1n) is 8.15. The van der Waals surface area contributed by atoms with Crippen LogP contribution in [-0.4, -0.2) is 71.0 Å². The van der Waals surface area contributed by atoms with E-state index in [1.54, 1.807) is 0 Å². The minimum atomic E-state index is -1.28. The molecule has 0 bridgehead atoms. The minimum absolute atomic E-state index is 0. The monoisotopic (exact) mass is 440 g/mol. The maximum atomic E-state index is 11.1. The van der Waals surface area contributed by atoms with Crippen LogP contribution in [-0.2, 0) is 9.59 Å². The fraction of sp³-hybridized carbons (Fsp3) is 0.882. The molecule has 128 valence electrons. The van der Waals surface area contributed by atoms with Gasteiger partial charge < -0.3 is 13.1 Å². The second-order valence-electron chi connectivity index (χ2n) is 7.08. The quantitative estimate of drug-likeness (QED) is 0.284. The largest absolute Gasteiger partial charge is 2.00 e. The molecule has 0 fully saturated rings. The van der Waals surface area contributed by atoms with Crippen molar-refractivity contribution < 1.29 is 22.7 Å². The van der Waals surface area contributed by atoms with Crippen molar-refractivity contribution >= 4 is 60.8 Å². The number of aliphatic carboxylic acids is 2. The van der Waals surface area contributed by atoms with Crippen LogP contribution in [0.2, 0.25) is 0 Å². The van der Waals surface area contributed by atoms with E-state index in [9.17, 15) is 9.59 Å². The van der Waals surface area contributed by atoms with Crippen molar-refractivity contribution in [2.24, 2.45) is 17.3 Å². The standard InChI is InChI=1S/C17H32O4.Ba.2H/c1-5-6-7-8-9-10-11-13(17(2,3)4)12-14(15(18)19)16(20)21;;;/h13-14H,5-12H2,1-4H3,(H,18,19)(H,20,21);;;/q;+2;2*-1. The van der Waals surface area contributed by atoms with Gasteiger partial charge in [0.1, 0.15) is 0 Å². The Morgan fingerprint density at radius 2 is 1.41 bits per heavy atom. The van der Waals surface area contributed by atoms with E-state index < -0.39 is 17.9 Å². The van der Waals surface area contributed by atoms with Gasteiger partial charge in [0.25, 0.3) is 0 Å². The molecule has 0 aliphatic rings. The van der Waals surface area contributed by atoms with Gasteiger partial charge in [-0.1, -0.05) is 66.2 Å². The Morgan fingerprint density at radius 3 is 1.82 bits per heavy atom. The van der Waals surface area contributed by atoms with Crippen LogP contribution in [0.5, 0.6) is 0 Å². The molecule has 1 atom stereocenters. The molecule has 0 rings (SSSR count). The zero-order chi connectivity index (χ0) is 16.5. The predicted octanol–water partition coefficient (Wildman–Crippen LogP) is 4.42. The first-order chi connectivity index (χ1) is 9.70. The maximum Gasteiger partial charge on any atom is 2.00 e. The molecule has 5 heteroatoms. The van der Waals surface area contributed by atoms with Crippen molar-refractivity contribution in [1.29, 1.82) is 0 Å². The molecule has 22 heavy (non-hydrogen) atoms. The Bertz CT molecular complexity index is 319. The number of carboxylic acids is 2. The first kappa shape index (κ1) is 24.8. The summed E-state index contributed by atoms with van der Waals surface area (Å²) >= 11 is 0. The molecule has 0 aromatic rings. The van der Waals surface area contributed by atoms with Crippen LogP contribution >= 0.6 is 0 Å². The van der Waals surface area contributed by atoms with Crippen LogP contribution in [0.25, 0.3) is 0 Å². The molecule has 0 aliphatic carbocycles. The normalized spacial score (nSPS) is 12.8. The molecule has 0 spiro atoms. The summed E-state index contributed by atoms with van der Waals surface area (Å²) in [4.78, 5) is 22.1. The summed E-state index contributed by atoms with van der Waals surface area (Å²) in [6, 6.07) is 0. The van der Waals surface area contributed by atoms with E-state index in [2.05, 4.69) is 27.7 Å². The van der Waals surface area contributed by atoms with Gasteiger partial charge in [-0.25, -0.2) is 0 Å².